The van der Waals surface area contributed by atoms with Crippen molar-refractivity contribution in [2.45, 2.75) is 19.8 Å². The standard InChI is InChI=1S/C17H22N4/c1-13-2-4-15(5-3-13)16-6-7-17(20-19-16)21-10-8-14(12-18)9-11-21/h2-7,14H,8-12,18H2,1H3. The van der Waals surface area contributed by atoms with Crippen LogP contribution in [0.1, 0.15) is 18.4 Å². The van der Waals surface area contributed by atoms with Crippen molar-refractivity contribution in [1.82, 2.24) is 10.2 Å². The first-order chi connectivity index (χ1) is 10.3. The van der Waals surface area contributed by atoms with Crippen molar-refractivity contribution in [3.05, 3.63) is 42.0 Å². The van der Waals surface area contributed by atoms with E-state index in [1.807, 2.05) is 0 Å². The van der Waals surface area contributed by atoms with Gasteiger partial charge in [-0.1, -0.05) is 29.8 Å². The summed E-state index contributed by atoms with van der Waals surface area (Å²) in [5.74, 6) is 1.64. The lowest BCUT2D eigenvalue weighted by Crippen LogP contribution is -2.36. The number of nitrogens with two attached hydrogens (primary N) is 1. The first-order valence-electron chi connectivity index (χ1n) is 7.62. The highest BCUT2D eigenvalue weighted by Crippen LogP contribution is 2.23. The highest BCUT2D eigenvalue weighted by Gasteiger charge is 2.19. The lowest BCUT2D eigenvalue weighted by molar-refractivity contribution is 0.412. The van der Waals surface area contributed by atoms with Gasteiger partial charge in [-0.2, -0.15) is 0 Å². The van der Waals surface area contributed by atoms with Gasteiger partial charge in [-0.3, -0.25) is 0 Å². The van der Waals surface area contributed by atoms with Crippen LogP contribution in [0.2, 0.25) is 0 Å². The van der Waals surface area contributed by atoms with Gasteiger partial charge >= 0.3 is 0 Å². The van der Waals surface area contributed by atoms with E-state index in [4.69, 9.17) is 5.73 Å². The molecule has 0 radical (unpaired) electrons. The van der Waals surface area contributed by atoms with Crippen LogP contribution in [0.3, 0.4) is 0 Å². The maximum atomic E-state index is 5.74. The molecule has 0 atom stereocenters. The van der Waals surface area contributed by atoms with Gasteiger partial charge in [0.25, 0.3) is 0 Å². The molecule has 4 heteroatoms. The highest BCUT2D eigenvalue weighted by molar-refractivity contribution is 5.60. The minimum atomic E-state index is 0.668. The largest absolute Gasteiger partial charge is 0.355 e. The second-order valence-electron chi connectivity index (χ2n) is 5.81. The van der Waals surface area contributed by atoms with E-state index in [2.05, 4.69) is 58.4 Å². The minimum absolute atomic E-state index is 0.668. The van der Waals surface area contributed by atoms with E-state index in [-0.39, 0.29) is 0 Å². The van der Waals surface area contributed by atoms with Gasteiger partial charge in [-0.25, -0.2) is 0 Å². The number of nitrogens with zero attached hydrogens (tertiary/aromatic N) is 3. The van der Waals surface area contributed by atoms with Crippen molar-refractivity contribution in [3.8, 4) is 11.3 Å². The third-order valence-electron chi connectivity index (χ3n) is 4.27. The van der Waals surface area contributed by atoms with E-state index >= 15 is 0 Å². The Morgan fingerprint density at radius 1 is 1.05 bits per heavy atom. The van der Waals surface area contributed by atoms with E-state index < -0.39 is 0 Å². The molecule has 3 rings (SSSR count). The van der Waals surface area contributed by atoms with Gasteiger partial charge in [0, 0.05) is 18.7 Å². The smallest absolute Gasteiger partial charge is 0.151 e. The zero-order valence-electron chi connectivity index (χ0n) is 12.5. The fourth-order valence-electron chi connectivity index (χ4n) is 2.77. The predicted molar refractivity (Wildman–Crippen MR) is 86.2 cm³/mol. The van der Waals surface area contributed by atoms with Crippen LogP contribution in [-0.2, 0) is 0 Å². The SMILES string of the molecule is Cc1ccc(-c2ccc(N3CCC(CN)CC3)nn2)cc1. The van der Waals surface area contributed by atoms with Crippen LogP contribution >= 0.6 is 0 Å². The summed E-state index contributed by atoms with van der Waals surface area (Å²) >= 11 is 0. The van der Waals surface area contributed by atoms with Crippen LogP contribution in [0.5, 0.6) is 0 Å². The van der Waals surface area contributed by atoms with Gasteiger partial charge in [0.05, 0.1) is 5.69 Å². The molecule has 1 aliphatic rings. The number of rotatable bonds is 3. The Kier molecular flexibility index (Phi) is 4.15. The molecule has 0 aliphatic carbocycles. The number of aromatic nitrogens is 2. The molecule has 0 unspecified atom stereocenters. The molecule has 1 aromatic heterocycles. The number of hydrogen-bond donors (Lipinski definition) is 1. The Hall–Kier alpha value is -1.94. The quantitative estimate of drug-likeness (QED) is 0.940. The fraction of sp³-hybridized carbons (Fsp3) is 0.412. The second kappa shape index (κ2) is 6.22. The molecule has 2 N–H and O–H groups in total. The number of anilines is 1. The third-order valence-corrected chi connectivity index (χ3v) is 4.27. The van der Waals surface area contributed by atoms with E-state index in [1.165, 1.54) is 5.56 Å². The van der Waals surface area contributed by atoms with Gasteiger partial charge in [0.2, 0.25) is 0 Å². The number of aryl methyl sites for hydroxylation is 1. The third kappa shape index (κ3) is 3.22. The van der Waals surface area contributed by atoms with Crippen LogP contribution in [0.15, 0.2) is 36.4 Å². The minimum Gasteiger partial charge on any atom is -0.355 e. The Morgan fingerprint density at radius 3 is 2.33 bits per heavy atom. The first kappa shape index (κ1) is 14.0. The van der Waals surface area contributed by atoms with E-state index in [9.17, 15) is 0 Å². The van der Waals surface area contributed by atoms with Crippen molar-refractivity contribution in [3.63, 3.8) is 0 Å². The molecule has 2 aromatic rings. The van der Waals surface area contributed by atoms with Crippen molar-refractivity contribution in [2.75, 3.05) is 24.5 Å². The highest BCUT2D eigenvalue weighted by atomic mass is 15.3. The summed E-state index contributed by atoms with van der Waals surface area (Å²) < 4.78 is 0. The van der Waals surface area contributed by atoms with Crippen LogP contribution in [-0.4, -0.2) is 29.8 Å². The average Bonchev–Trinajstić information content (AvgIpc) is 2.56. The predicted octanol–water partition coefficient (Wildman–Crippen LogP) is 2.63. The lowest BCUT2D eigenvalue weighted by atomic mass is 9.97. The van der Waals surface area contributed by atoms with E-state index in [0.717, 1.165) is 49.6 Å². The molecule has 0 amide bonds. The molecule has 1 saturated heterocycles. The Bertz CT molecular complexity index is 569. The number of piperidine rings is 1. The summed E-state index contributed by atoms with van der Waals surface area (Å²) in [6, 6.07) is 12.5. The topological polar surface area (TPSA) is 55.0 Å². The maximum absolute atomic E-state index is 5.74. The average molecular weight is 282 g/mol. The van der Waals surface area contributed by atoms with Crippen LogP contribution in [0.4, 0.5) is 5.82 Å². The van der Waals surface area contributed by atoms with E-state index in [0.29, 0.717) is 5.92 Å². The maximum Gasteiger partial charge on any atom is 0.151 e. The van der Waals surface area contributed by atoms with Gasteiger partial charge in [-0.15, -0.1) is 10.2 Å². The summed E-state index contributed by atoms with van der Waals surface area (Å²) in [5, 5.41) is 8.77. The van der Waals surface area contributed by atoms with Gasteiger partial charge in [-0.05, 0) is 44.4 Å². The summed E-state index contributed by atoms with van der Waals surface area (Å²) in [7, 11) is 0. The van der Waals surface area contributed by atoms with Crippen LogP contribution in [0.25, 0.3) is 11.3 Å². The molecule has 0 saturated carbocycles. The number of benzene rings is 1. The summed E-state index contributed by atoms with van der Waals surface area (Å²) in [6.07, 6.45) is 2.30. The van der Waals surface area contributed by atoms with Crippen molar-refractivity contribution in [2.24, 2.45) is 11.7 Å². The van der Waals surface area contributed by atoms with Crippen molar-refractivity contribution >= 4 is 5.82 Å². The van der Waals surface area contributed by atoms with Gasteiger partial charge < -0.3 is 10.6 Å². The summed E-state index contributed by atoms with van der Waals surface area (Å²) in [5.41, 5.74) is 9.03. The van der Waals surface area contributed by atoms with Crippen LogP contribution < -0.4 is 10.6 Å². The lowest BCUT2D eigenvalue weighted by Gasteiger charge is -2.31. The first-order valence-corrected chi connectivity index (χ1v) is 7.62. The van der Waals surface area contributed by atoms with Crippen LogP contribution in [0, 0.1) is 12.8 Å². The zero-order chi connectivity index (χ0) is 14.7. The van der Waals surface area contributed by atoms with E-state index in [1.54, 1.807) is 0 Å². The molecule has 4 nitrogen and oxygen atoms in total. The molecule has 0 bridgehead atoms. The van der Waals surface area contributed by atoms with Crippen molar-refractivity contribution < 1.29 is 0 Å². The molecule has 1 aliphatic heterocycles. The molecular formula is C17H22N4. The molecule has 1 fully saturated rings. The normalized spacial score (nSPS) is 16.2. The Morgan fingerprint density at radius 2 is 1.76 bits per heavy atom. The molecule has 110 valence electrons. The number of hydrogen-bond acceptors (Lipinski definition) is 4. The Labute approximate surface area is 126 Å². The van der Waals surface area contributed by atoms with Gasteiger partial charge in [0.15, 0.2) is 5.82 Å². The summed E-state index contributed by atoms with van der Waals surface area (Å²) in [6.45, 7) is 4.94. The van der Waals surface area contributed by atoms with Crippen molar-refractivity contribution in [1.29, 1.82) is 0 Å². The summed E-state index contributed by atoms with van der Waals surface area (Å²) in [4.78, 5) is 2.30. The fourth-order valence-corrected chi connectivity index (χ4v) is 2.77. The second-order valence-corrected chi connectivity index (χ2v) is 5.81. The molecular weight excluding hydrogens is 260 g/mol. The molecule has 0 spiro atoms. The molecule has 21 heavy (non-hydrogen) atoms. The molecule has 1 aromatic carbocycles. The zero-order valence-corrected chi connectivity index (χ0v) is 12.5. The monoisotopic (exact) mass is 282 g/mol. The Balaban J connectivity index is 1.71. The molecule has 2 heterocycles. The van der Waals surface area contributed by atoms with Gasteiger partial charge in [0.1, 0.15) is 0 Å².